The Morgan fingerprint density at radius 2 is 2.33 bits per heavy atom. The third-order valence-electron chi connectivity index (χ3n) is 3.12. The molecule has 0 fully saturated rings. The Balaban J connectivity index is 1.96. The summed E-state index contributed by atoms with van der Waals surface area (Å²) in [5.41, 5.74) is 1.15. The van der Waals surface area contributed by atoms with Gasteiger partial charge in [0.2, 0.25) is 0 Å². The van der Waals surface area contributed by atoms with Gasteiger partial charge in [-0.3, -0.25) is 4.68 Å². The number of hydrogen-bond acceptors (Lipinski definition) is 2. The number of hydrogen-bond donors (Lipinski definition) is 0. The molecule has 98 valence electrons. The third-order valence-corrected chi connectivity index (χ3v) is 3.95. The van der Waals surface area contributed by atoms with Crippen LogP contribution in [0.25, 0.3) is 0 Å². The molecular formula is C13H17Cl2N3. The summed E-state index contributed by atoms with van der Waals surface area (Å²) in [5.74, 6) is 0. The van der Waals surface area contributed by atoms with E-state index in [9.17, 15) is 0 Å². The van der Waals surface area contributed by atoms with Crippen molar-refractivity contribution in [2.75, 3.05) is 0 Å². The lowest BCUT2D eigenvalue weighted by Gasteiger charge is -2.27. The zero-order valence-electron chi connectivity index (χ0n) is 10.4. The van der Waals surface area contributed by atoms with Crippen LogP contribution in [0.15, 0.2) is 35.4 Å². The van der Waals surface area contributed by atoms with Gasteiger partial charge in [0, 0.05) is 18.0 Å². The zero-order valence-corrected chi connectivity index (χ0v) is 12.0. The molecule has 1 unspecified atom stereocenters. The van der Waals surface area contributed by atoms with Crippen molar-refractivity contribution < 1.29 is 0 Å². The van der Waals surface area contributed by atoms with Gasteiger partial charge in [0.1, 0.15) is 12.7 Å². The van der Waals surface area contributed by atoms with Gasteiger partial charge in [0.05, 0.1) is 4.87 Å². The van der Waals surface area contributed by atoms with Crippen molar-refractivity contribution in [2.24, 2.45) is 0 Å². The fraction of sp³-hybridized carbons (Fsp3) is 0.538. The summed E-state index contributed by atoms with van der Waals surface area (Å²) in [5, 5.41) is 4.95. The van der Waals surface area contributed by atoms with Gasteiger partial charge in [-0.05, 0) is 18.4 Å². The van der Waals surface area contributed by atoms with Crippen LogP contribution in [0.4, 0.5) is 0 Å². The van der Waals surface area contributed by atoms with Crippen molar-refractivity contribution in [2.45, 2.75) is 44.0 Å². The molecule has 0 bridgehead atoms. The molecule has 0 aromatic carbocycles. The van der Waals surface area contributed by atoms with Crippen LogP contribution in [0.5, 0.6) is 0 Å². The highest BCUT2D eigenvalue weighted by molar-refractivity contribution is 6.32. The molecule has 1 heterocycles. The first kappa shape index (κ1) is 13.6. The normalized spacial score (nSPS) is 23.7. The van der Waals surface area contributed by atoms with E-state index in [4.69, 9.17) is 23.2 Å². The molecule has 0 saturated carbocycles. The van der Waals surface area contributed by atoms with Crippen molar-refractivity contribution in [1.29, 1.82) is 0 Å². The number of nitrogens with zero attached hydrogens (tertiary/aromatic N) is 3. The van der Waals surface area contributed by atoms with Gasteiger partial charge in [0.25, 0.3) is 0 Å². The van der Waals surface area contributed by atoms with Crippen LogP contribution in [0.2, 0.25) is 0 Å². The Bertz CT molecular complexity index is 451. The van der Waals surface area contributed by atoms with E-state index in [0.29, 0.717) is 0 Å². The molecule has 1 aromatic rings. The maximum absolute atomic E-state index is 6.50. The second-order valence-electron chi connectivity index (χ2n) is 4.63. The molecular weight excluding hydrogens is 269 g/mol. The van der Waals surface area contributed by atoms with E-state index >= 15 is 0 Å². The molecule has 0 N–H and O–H groups in total. The van der Waals surface area contributed by atoms with Gasteiger partial charge >= 0.3 is 0 Å². The van der Waals surface area contributed by atoms with E-state index in [1.54, 1.807) is 11.0 Å². The Kier molecular flexibility index (Phi) is 4.46. The molecule has 1 aromatic heterocycles. The second kappa shape index (κ2) is 5.89. The standard InChI is InChI=1S/C13H17Cl2N3/c1-2-5-13(15)6-3-11(12(14)8-13)4-7-18-10-16-9-17-18/h3,6,9-10H,2,4-5,7-8H2,1H3. The topological polar surface area (TPSA) is 30.7 Å². The molecule has 1 aliphatic carbocycles. The molecule has 2 rings (SSSR count). The van der Waals surface area contributed by atoms with Crippen LogP contribution in [-0.4, -0.2) is 19.6 Å². The van der Waals surface area contributed by atoms with E-state index in [1.807, 2.05) is 0 Å². The molecule has 0 aliphatic heterocycles. The van der Waals surface area contributed by atoms with Crippen molar-refractivity contribution in [3.63, 3.8) is 0 Å². The third kappa shape index (κ3) is 3.36. The van der Waals surface area contributed by atoms with Gasteiger partial charge in [-0.1, -0.05) is 37.1 Å². The summed E-state index contributed by atoms with van der Waals surface area (Å²) in [7, 11) is 0. The van der Waals surface area contributed by atoms with Crippen LogP contribution in [-0.2, 0) is 6.54 Å². The molecule has 18 heavy (non-hydrogen) atoms. The Labute approximate surface area is 117 Å². The van der Waals surface area contributed by atoms with Gasteiger partial charge in [0.15, 0.2) is 0 Å². The SMILES string of the molecule is CCCC1(Cl)C=CC(CCn2cncn2)=C(Cl)C1. The highest BCUT2D eigenvalue weighted by Crippen LogP contribution is 2.38. The zero-order chi connectivity index (χ0) is 13.0. The molecule has 3 nitrogen and oxygen atoms in total. The predicted octanol–water partition coefficient (Wildman–Crippen LogP) is 3.90. The maximum atomic E-state index is 6.50. The first-order valence-electron chi connectivity index (χ1n) is 6.21. The molecule has 0 radical (unpaired) electrons. The molecule has 1 aliphatic rings. The summed E-state index contributed by atoms with van der Waals surface area (Å²) in [6.45, 7) is 2.93. The average molecular weight is 286 g/mol. The number of alkyl halides is 1. The summed E-state index contributed by atoms with van der Waals surface area (Å²) >= 11 is 12.8. The fourth-order valence-corrected chi connectivity index (χ4v) is 3.01. The number of aryl methyl sites for hydroxylation is 1. The number of halogens is 2. The number of rotatable bonds is 5. The molecule has 0 spiro atoms. The van der Waals surface area contributed by atoms with E-state index in [-0.39, 0.29) is 4.87 Å². The molecule has 0 amide bonds. The van der Waals surface area contributed by atoms with Crippen LogP contribution in [0, 0.1) is 0 Å². The first-order chi connectivity index (χ1) is 8.63. The first-order valence-corrected chi connectivity index (χ1v) is 6.96. The molecule has 0 saturated heterocycles. The van der Waals surface area contributed by atoms with Crippen LogP contribution < -0.4 is 0 Å². The quantitative estimate of drug-likeness (QED) is 0.769. The summed E-state index contributed by atoms with van der Waals surface area (Å²) in [6, 6.07) is 0. The van der Waals surface area contributed by atoms with Crippen molar-refractivity contribution in [3.05, 3.63) is 35.4 Å². The minimum atomic E-state index is -0.289. The lowest BCUT2D eigenvalue weighted by Crippen LogP contribution is -2.21. The fourth-order valence-electron chi connectivity index (χ4n) is 2.16. The monoisotopic (exact) mass is 285 g/mol. The van der Waals surface area contributed by atoms with Crippen molar-refractivity contribution in [3.8, 4) is 0 Å². The van der Waals surface area contributed by atoms with E-state index in [0.717, 1.165) is 42.8 Å². The summed E-state index contributed by atoms with van der Waals surface area (Å²) in [4.78, 5) is 3.63. The Morgan fingerprint density at radius 1 is 1.50 bits per heavy atom. The largest absolute Gasteiger partial charge is 0.253 e. The Hall–Kier alpha value is -0.800. The molecule has 5 heteroatoms. The van der Waals surface area contributed by atoms with Gasteiger partial charge in [-0.2, -0.15) is 5.10 Å². The minimum absolute atomic E-state index is 0.289. The van der Waals surface area contributed by atoms with Gasteiger partial charge in [-0.25, -0.2) is 4.98 Å². The highest BCUT2D eigenvalue weighted by Gasteiger charge is 2.28. The predicted molar refractivity (Wildman–Crippen MR) is 74.8 cm³/mol. The van der Waals surface area contributed by atoms with E-state index in [2.05, 4.69) is 29.2 Å². The number of allylic oxidation sites excluding steroid dienone is 4. The van der Waals surface area contributed by atoms with E-state index < -0.39 is 0 Å². The van der Waals surface area contributed by atoms with Crippen LogP contribution in [0.3, 0.4) is 0 Å². The lowest BCUT2D eigenvalue weighted by atomic mass is 9.91. The summed E-state index contributed by atoms with van der Waals surface area (Å²) < 4.78 is 1.81. The highest BCUT2D eigenvalue weighted by atomic mass is 35.5. The lowest BCUT2D eigenvalue weighted by molar-refractivity contribution is 0.591. The smallest absolute Gasteiger partial charge is 0.137 e. The Morgan fingerprint density at radius 3 is 2.94 bits per heavy atom. The second-order valence-corrected chi connectivity index (χ2v) is 5.84. The van der Waals surface area contributed by atoms with Crippen molar-refractivity contribution >= 4 is 23.2 Å². The van der Waals surface area contributed by atoms with Gasteiger partial charge < -0.3 is 0 Å². The number of aromatic nitrogens is 3. The van der Waals surface area contributed by atoms with E-state index in [1.165, 1.54) is 6.33 Å². The maximum Gasteiger partial charge on any atom is 0.137 e. The van der Waals surface area contributed by atoms with Crippen molar-refractivity contribution in [1.82, 2.24) is 14.8 Å². The van der Waals surface area contributed by atoms with Gasteiger partial charge in [-0.15, -0.1) is 11.6 Å². The average Bonchev–Trinajstić information content (AvgIpc) is 2.81. The molecule has 1 atom stereocenters. The van der Waals surface area contributed by atoms with Crippen LogP contribution in [0.1, 0.15) is 32.6 Å². The minimum Gasteiger partial charge on any atom is -0.253 e. The van der Waals surface area contributed by atoms with Crippen LogP contribution >= 0.6 is 23.2 Å². The summed E-state index contributed by atoms with van der Waals surface area (Å²) in [6.07, 6.45) is 11.0.